The van der Waals surface area contributed by atoms with Crippen molar-refractivity contribution in [2.24, 2.45) is 0 Å². The summed E-state index contributed by atoms with van der Waals surface area (Å²) in [6, 6.07) is 10.2. The number of carbonyl (C=O) groups is 1. The summed E-state index contributed by atoms with van der Waals surface area (Å²) in [5, 5.41) is 2.29. The first kappa shape index (κ1) is 13.8. The van der Waals surface area contributed by atoms with Gasteiger partial charge in [0.05, 0.1) is 26.2 Å². The van der Waals surface area contributed by atoms with Gasteiger partial charge in [-0.15, -0.1) is 0 Å². The molecule has 21 heavy (non-hydrogen) atoms. The molecular weight excluding hydrogens is 268 g/mol. The summed E-state index contributed by atoms with van der Waals surface area (Å²) in [6.07, 6.45) is 1.95. The highest BCUT2D eigenvalue weighted by atomic mass is 16.5. The second-order valence-electron chi connectivity index (χ2n) is 5.07. The fraction of sp³-hybridized carbons (Fsp3) is 0.375. The van der Waals surface area contributed by atoms with Gasteiger partial charge in [-0.1, -0.05) is 24.3 Å². The Balaban J connectivity index is 1.83. The molecule has 110 valence electrons. The molecule has 1 aliphatic rings. The molecule has 0 aliphatic carbocycles. The fourth-order valence-corrected chi connectivity index (χ4v) is 2.66. The van der Waals surface area contributed by atoms with E-state index in [9.17, 15) is 4.79 Å². The minimum atomic E-state index is -0.243. The van der Waals surface area contributed by atoms with Gasteiger partial charge < -0.3 is 14.4 Å². The first-order valence-electron chi connectivity index (χ1n) is 7.05. The Morgan fingerprint density at radius 3 is 3.14 bits per heavy atom. The van der Waals surface area contributed by atoms with Gasteiger partial charge in [-0.3, -0.25) is 4.79 Å². The van der Waals surface area contributed by atoms with Crippen molar-refractivity contribution in [2.45, 2.75) is 12.5 Å². The second kappa shape index (κ2) is 6.10. The molecular formula is C16H18N2O3. The van der Waals surface area contributed by atoms with E-state index in [4.69, 9.17) is 9.47 Å². The fourth-order valence-electron chi connectivity index (χ4n) is 2.66. The number of rotatable bonds is 3. The molecule has 0 saturated carbocycles. The van der Waals surface area contributed by atoms with Crippen LogP contribution in [0.1, 0.15) is 6.42 Å². The first-order valence-corrected chi connectivity index (χ1v) is 7.05. The van der Waals surface area contributed by atoms with E-state index in [1.54, 1.807) is 0 Å². The van der Waals surface area contributed by atoms with Crippen LogP contribution in [0, 0.1) is 0 Å². The predicted molar refractivity (Wildman–Crippen MR) is 80.3 cm³/mol. The van der Waals surface area contributed by atoms with Gasteiger partial charge in [-0.25, -0.2) is 4.98 Å². The van der Waals surface area contributed by atoms with Gasteiger partial charge >= 0.3 is 5.97 Å². The minimum Gasteiger partial charge on any atom is -0.469 e. The molecule has 5 nitrogen and oxygen atoms in total. The third-order valence-electron chi connectivity index (χ3n) is 3.71. The van der Waals surface area contributed by atoms with Crippen molar-refractivity contribution in [3.8, 4) is 0 Å². The molecule has 2 heterocycles. The number of hydrogen-bond acceptors (Lipinski definition) is 5. The number of benzene rings is 1. The number of morpholine rings is 1. The van der Waals surface area contributed by atoms with Crippen LogP contribution in [0.15, 0.2) is 36.5 Å². The van der Waals surface area contributed by atoms with Gasteiger partial charge in [0.1, 0.15) is 5.82 Å². The minimum absolute atomic E-state index is 0.146. The standard InChI is InChI=1S/C16H18N2O3/c1-20-15(19)10-13-11-18(8-9-21-13)16-14-5-3-2-4-12(14)6-7-17-16/h2-7,13H,8-11H2,1H3. The van der Waals surface area contributed by atoms with Gasteiger partial charge in [-0.05, 0) is 11.5 Å². The lowest BCUT2D eigenvalue weighted by atomic mass is 10.1. The van der Waals surface area contributed by atoms with Gasteiger partial charge in [0.2, 0.25) is 0 Å². The lowest BCUT2D eigenvalue weighted by Gasteiger charge is -2.33. The van der Waals surface area contributed by atoms with Crippen molar-refractivity contribution >= 4 is 22.6 Å². The van der Waals surface area contributed by atoms with Gasteiger partial charge in [0, 0.05) is 24.7 Å². The molecule has 3 rings (SSSR count). The number of aromatic nitrogens is 1. The van der Waals surface area contributed by atoms with Crippen molar-refractivity contribution in [3.05, 3.63) is 36.5 Å². The zero-order chi connectivity index (χ0) is 14.7. The summed E-state index contributed by atoms with van der Waals surface area (Å²) < 4.78 is 10.4. The Bertz CT molecular complexity index is 639. The number of methoxy groups -OCH3 is 1. The topological polar surface area (TPSA) is 51.7 Å². The molecule has 0 spiro atoms. The van der Waals surface area contributed by atoms with Crippen LogP contribution < -0.4 is 4.90 Å². The lowest BCUT2D eigenvalue weighted by molar-refractivity contribution is -0.144. The van der Waals surface area contributed by atoms with Crippen molar-refractivity contribution in [1.82, 2.24) is 4.98 Å². The maximum absolute atomic E-state index is 11.4. The van der Waals surface area contributed by atoms with Crippen LogP contribution in [0.5, 0.6) is 0 Å². The summed E-state index contributed by atoms with van der Waals surface area (Å²) in [5.74, 6) is 0.707. The van der Waals surface area contributed by atoms with E-state index in [1.807, 2.05) is 24.4 Å². The highest BCUT2D eigenvalue weighted by molar-refractivity contribution is 5.92. The Labute approximate surface area is 123 Å². The van der Waals surface area contributed by atoms with Crippen LogP contribution in [-0.4, -0.2) is 43.9 Å². The van der Waals surface area contributed by atoms with E-state index in [0.717, 1.165) is 17.7 Å². The van der Waals surface area contributed by atoms with E-state index in [1.165, 1.54) is 12.5 Å². The number of ether oxygens (including phenoxy) is 2. The Morgan fingerprint density at radius 2 is 2.29 bits per heavy atom. The molecule has 1 aromatic heterocycles. The lowest BCUT2D eigenvalue weighted by Crippen LogP contribution is -2.43. The molecule has 0 N–H and O–H groups in total. The number of pyridine rings is 1. The third kappa shape index (κ3) is 2.97. The third-order valence-corrected chi connectivity index (χ3v) is 3.71. The molecule has 0 bridgehead atoms. The molecule has 1 aliphatic heterocycles. The Hall–Kier alpha value is -2.14. The SMILES string of the molecule is COC(=O)CC1CN(c2nccc3ccccc23)CCO1. The molecule has 1 fully saturated rings. The quantitative estimate of drug-likeness (QED) is 0.808. The number of esters is 1. The molecule has 0 amide bonds. The van der Waals surface area contributed by atoms with Crippen molar-refractivity contribution < 1.29 is 14.3 Å². The van der Waals surface area contributed by atoms with Crippen molar-refractivity contribution in [2.75, 3.05) is 31.7 Å². The molecule has 1 atom stereocenters. The number of carbonyl (C=O) groups excluding carboxylic acids is 1. The summed E-state index contributed by atoms with van der Waals surface area (Å²) in [6.45, 7) is 2.02. The van der Waals surface area contributed by atoms with E-state index in [2.05, 4.69) is 22.0 Å². The summed E-state index contributed by atoms with van der Waals surface area (Å²) in [4.78, 5) is 18.1. The highest BCUT2D eigenvalue weighted by Gasteiger charge is 2.24. The van der Waals surface area contributed by atoms with Gasteiger partial charge in [-0.2, -0.15) is 0 Å². The van der Waals surface area contributed by atoms with Crippen LogP contribution >= 0.6 is 0 Å². The molecule has 1 saturated heterocycles. The van der Waals surface area contributed by atoms with Gasteiger partial charge in [0.25, 0.3) is 0 Å². The Kier molecular flexibility index (Phi) is 4.01. The van der Waals surface area contributed by atoms with E-state index in [0.29, 0.717) is 13.2 Å². The monoisotopic (exact) mass is 286 g/mol. The normalized spacial score (nSPS) is 18.7. The smallest absolute Gasteiger partial charge is 0.308 e. The molecule has 2 aromatic rings. The zero-order valence-corrected chi connectivity index (χ0v) is 12.0. The maximum Gasteiger partial charge on any atom is 0.308 e. The molecule has 1 aromatic carbocycles. The van der Waals surface area contributed by atoms with Crippen LogP contribution in [0.3, 0.4) is 0 Å². The Morgan fingerprint density at radius 1 is 1.43 bits per heavy atom. The highest BCUT2D eigenvalue weighted by Crippen LogP contribution is 2.26. The van der Waals surface area contributed by atoms with E-state index < -0.39 is 0 Å². The van der Waals surface area contributed by atoms with Crippen molar-refractivity contribution in [3.63, 3.8) is 0 Å². The van der Waals surface area contributed by atoms with Crippen LogP contribution in [0.2, 0.25) is 0 Å². The summed E-state index contributed by atoms with van der Waals surface area (Å²) >= 11 is 0. The van der Waals surface area contributed by atoms with E-state index in [-0.39, 0.29) is 18.5 Å². The average Bonchev–Trinajstić information content (AvgIpc) is 2.54. The number of nitrogens with zero attached hydrogens (tertiary/aromatic N) is 2. The molecule has 1 unspecified atom stereocenters. The molecule has 5 heteroatoms. The number of hydrogen-bond donors (Lipinski definition) is 0. The van der Waals surface area contributed by atoms with Crippen LogP contribution in [0.4, 0.5) is 5.82 Å². The van der Waals surface area contributed by atoms with Crippen LogP contribution in [-0.2, 0) is 14.3 Å². The average molecular weight is 286 g/mol. The second-order valence-corrected chi connectivity index (χ2v) is 5.07. The summed E-state index contributed by atoms with van der Waals surface area (Å²) in [5.41, 5.74) is 0. The van der Waals surface area contributed by atoms with Crippen molar-refractivity contribution in [1.29, 1.82) is 0 Å². The largest absolute Gasteiger partial charge is 0.469 e. The van der Waals surface area contributed by atoms with E-state index >= 15 is 0 Å². The zero-order valence-electron chi connectivity index (χ0n) is 12.0. The first-order chi connectivity index (χ1) is 10.3. The van der Waals surface area contributed by atoms with Gasteiger partial charge in [0.15, 0.2) is 0 Å². The predicted octanol–water partition coefficient (Wildman–Crippen LogP) is 2.00. The summed E-state index contributed by atoms with van der Waals surface area (Å²) in [7, 11) is 1.40. The van der Waals surface area contributed by atoms with Crippen LogP contribution in [0.25, 0.3) is 10.8 Å². The molecule has 0 radical (unpaired) electrons. The maximum atomic E-state index is 11.4. The number of fused-ring (bicyclic) bond motifs is 1. The number of anilines is 1.